The quantitative estimate of drug-likeness (QED) is 0.301. The van der Waals surface area contributed by atoms with Gasteiger partial charge in [-0.3, -0.25) is 29.1 Å². The molecule has 0 bridgehead atoms. The Hall–Kier alpha value is -5.12. The number of aromatic nitrogens is 2. The summed E-state index contributed by atoms with van der Waals surface area (Å²) >= 11 is 0. The minimum Gasteiger partial charge on any atom is -0.494 e. The standard InChI is InChI=1S/C15H13NO4.C13H7NO4/c1-8(17)11-7-10-13(18-2)12-9(5-4-6-16-12)14(19-3)15(10)20-11;1-6(15)9-5-8-11(16)10-7(3-2-4-14-10)12(17)13(8)18-9/h4-7H,1-3H3;2-5H,1H3. The molecule has 0 fully saturated rings. The van der Waals surface area contributed by atoms with E-state index in [-0.39, 0.29) is 45.7 Å². The molecule has 10 heteroatoms. The van der Waals surface area contributed by atoms with Crippen LogP contribution in [0.2, 0.25) is 0 Å². The van der Waals surface area contributed by atoms with Crippen LogP contribution in [-0.2, 0) is 0 Å². The molecule has 4 heterocycles. The number of hydrogen-bond donors (Lipinski definition) is 0. The zero-order valence-corrected chi connectivity index (χ0v) is 20.8. The van der Waals surface area contributed by atoms with Crippen molar-refractivity contribution in [3.05, 3.63) is 82.9 Å². The fraction of sp³-hybridized carbons (Fsp3) is 0.143. The molecule has 1 aliphatic rings. The van der Waals surface area contributed by atoms with Gasteiger partial charge in [-0.15, -0.1) is 0 Å². The number of ketones is 4. The number of ether oxygens (including phenoxy) is 2. The van der Waals surface area contributed by atoms with E-state index in [9.17, 15) is 19.2 Å². The number of furan rings is 2. The second-order valence-corrected chi connectivity index (χ2v) is 8.34. The van der Waals surface area contributed by atoms with Gasteiger partial charge in [0.1, 0.15) is 11.2 Å². The smallest absolute Gasteiger partial charge is 0.231 e. The fourth-order valence-corrected chi connectivity index (χ4v) is 4.25. The van der Waals surface area contributed by atoms with Gasteiger partial charge in [0.25, 0.3) is 0 Å². The third-order valence-corrected chi connectivity index (χ3v) is 6.00. The topological polar surface area (TPSA) is 139 Å². The summed E-state index contributed by atoms with van der Waals surface area (Å²) < 4.78 is 21.7. The maximum absolute atomic E-state index is 12.1. The Morgan fingerprint density at radius 2 is 1.42 bits per heavy atom. The number of fused-ring (bicyclic) bond motifs is 4. The van der Waals surface area contributed by atoms with E-state index in [1.54, 1.807) is 32.5 Å². The Kier molecular flexibility index (Phi) is 6.08. The molecule has 1 aliphatic carbocycles. The van der Waals surface area contributed by atoms with Crippen LogP contribution in [0.15, 0.2) is 57.6 Å². The SMILES string of the molecule is CC(=O)c1cc2c(o1)C(=O)c1cccnc1C2=O.COc1c2cc(C(C)=O)oc2c(OC)c2cccnc12. The zero-order valence-electron chi connectivity index (χ0n) is 20.8. The molecular weight excluding hydrogens is 492 g/mol. The summed E-state index contributed by atoms with van der Waals surface area (Å²) in [6.07, 6.45) is 3.13. The molecule has 190 valence electrons. The van der Waals surface area contributed by atoms with E-state index in [0.717, 1.165) is 5.39 Å². The van der Waals surface area contributed by atoms with Gasteiger partial charge < -0.3 is 18.3 Å². The number of methoxy groups -OCH3 is 2. The van der Waals surface area contributed by atoms with E-state index in [2.05, 4.69) is 9.97 Å². The lowest BCUT2D eigenvalue weighted by Gasteiger charge is -2.10. The van der Waals surface area contributed by atoms with Gasteiger partial charge in [0.2, 0.25) is 11.6 Å². The van der Waals surface area contributed by atoms with Crippen molar-refractivity contribution in [3.8, 4) is 11.5 Å². The molecule has 0 aliphatic heterocycles. The molecule has 0 radical (unpaired) electrons. The highest BCUT2D eigenvalue weighted by molar-refractivity contribution is 6.27. The van der Waals surface area contributed by atoms with Crippen LogP contribution in [0, 0.1) is 0 Å². The first-order valence-corrected chi connectivity index (χ1v) is 11.4. The number of rotatable bonds is 4. The fourth-order valence-electron chi connectivity index (χ4n) is 4.25. The maximum atomic E-state index is 12.1. The molecule has 0 unspecified atom stereocenters. The summed E-state index contributed by atoms with van der Waals surface area (Å²) in [5.41, 5.74) is 1.59. The van der Waals surface area contributed by atoms with E-state index in [1.165, 1.54) is 32.2 Å². The van der Waals surface area contributed by atoms with Gasteiger partial charge in [-0.1, -0.05) is 0 Å². The molecule has 10 nitrogen and oxygen atoms in total. The monoisotopic (exact) mass is 512 g/mol. The Morgan fingerprint density at radius 3 is 2.11 bits per heavy atom. The molecule has 0 saturated carbocycles. The lowest BCUT2D eigenvalue weighted by molar-refractivity contribution is 0.0944. The minimum absolute atomic E-state index is 0.00880. The van der Waals surface area contributed by atoms with E-state index in [4.69, 9.17) is 18.3 Å². The number of Topliss-reactive ketones (excluding diaryl/α,β-unsaturated/α-hetero) is 2. The van der Waals surface area contributed by atoms with Crippen molar-refractivity contribution in [2.24, 2.45) is 0 Å². The van der Waals surface area contributed by atoms with Gasteiger partial charge >= 0.3 is 0 Å². The summed E-state index contributed by atoms with van der Waals surface area (Å²) in [6, 6.07) is 9.73. The largest absolute Gasteiger partial charge is 0.494 e. The maximum Gasteiger partial charge on any atom is 0.231 e. The summed E-state index contributed by atoms with van der Waals surface area (Å²) in [4.78, 5) is 55.2. The van der Waals surface area contributed by atoms with Crippen molar-refractivity contribution in [2.75, 3.05) is 14.2 Å². The van der Waals surface area contributed by atoms with Crippen molar-refractivity contribution in [2.45, 2.75) is 13.8 Å². The molecule has 6 rings (SSSR count). The van der Waals surface area contributed by atoms with Crippen molar-refractivity contribution in [3.63, 3.8) is 0 Å². The van der Waals surface area contributed by atoms with Crippen molar-refractivity contribution in [1.29, 1.82) is 0 Å². The number of carbonyl (C=O) groups excluding carboxylic acids is 4. The molecular formula is C28H20N2O8. The average Bonchev–Trinajstić information content (AvgIpc) is 3.57. The number of benzene rings is 1. The second-order valence-electron chi connectivity index (χ2n) is 8.34. The van der Waals surface area contributed by atoms with Gasteiger partial charge in [-0.25, -0.2) is 0 Å². The molecule has 0 N–H and O–H groups in total. The van der Waals surface area contributed by atoms with Crippen molar-refractivity contribution < 1.29 is 37.5 Å². The highest BCUT2D eigenvalue weighted by atomic mass is 16.5. The molecule has 4 aromatic heterocycles. The third kappa shape index (κ3) is 3.83. The Morgan fingerprint density at radius 1 is 0.763 bits per heavy atom. The number of hydrogen-bond acceptors (Lipinski definition) is 10. The van der Waals surface area contributed by atoms with Crippen LogP contribution < -0.4 is 9.47 Å². The van der Waals surface area contributed by atoms with Crippen LogP contribution >= 0.6 is 0 Å². The van der Waals surface area contributed by atoms with Gasteiger partial charge in [-0.2, -0.15) is 0 Å². The van der Waals surface area contributed by atoms with Crippen LogP contribution in [0.1, 0.15) is 67.1 Å². The highest BCUT2D eigenvalue weighted by Gasteiger charge is 2.35. The predicted molar refractivity (Wildman–Crippen MR) is 134 cm³/mol. The number of nitrogens with zero attached hydrogens (tertiary/aromatic N) is 2. The summed E-state index contributed by atoms with van der Waals surface area (Å²) in [5, 5.41) is 1.46. The normalized spacial score (nSPS) is 12.0. The first-order valence-electron chi connectivity index (χ1n) is 11.4. The average molecular weight is 512 g/mol. The lowest BCUT2D eigenvalue weighted by Crippen LogP contribution is -2.20. The van der Waals surface area contributed by atoms with E-state index < -0.39 is 11.6 Å². The summed E-state index contributed by atoms with van der Waals surface area (Å²) in [5.74, 6) is 0.0390. The lowest BCUT2D eigenvalue weighted by atomic mass is 9.92. The number of pyridine rings is 2. The number of carbonyl (C=O) groups is 4. The van der Waals surface area contributed by atoms with Crippen molar-refractivity contribution >= 4 is 45.0 Å². The highest BCUT2D eigenvalue weighted by Crippen LogP contribution is 2.43. The summed E-state index contributed by atoms with van der Waals surface area (Å²) in [6.45, 7) is 2.76. The molecule has 1 aromatic carbocycles. The molecule has 0 saturated heterocycles. The Bertz CT molecular complexity index is 1680. The van der Waals surface area contributed by atoms with E-state index >= 15 is 0 Å². The zero-order chi connectivity index (χ0) is 27.1. The summed E-state index contributed by atoms with van der Waals surface area (Å²) in [7, 11) is 3.12. The van der Waals surface area contributed by atoms with Crippen LogP contribution in [0.5, 0.6) is 11.5 Å². The molecule has 5 aromatic rings. The van der Waals surface area contributed by atoms with Gasteiger partial charge in [0.15, 0.2) is 45.9 Å². The van der Waals surface area contributed by atoms with Crippen LogP contribution in [0.25, 0.3) is 21.9 Å². The molecule has 0 amide bonds. The van der Waals surface area contributed by atoms with E-state index in [1.807, 2.05) is 12.1 Å². The third-order valence-electron chi connectivity index (χ3n) is 6.00. The minimum atomic E-state index is -0.416. The van der Waals surface area contributed by atoms with Gasteiger partial charge in [0, 0.05) is 26.2 Å². The Balaban J connectivity index is 0.000000156. The van der Waals surface area contributed by atoms with Crippen LogP contribution in [0.4, 0.5) is 0 Å². The Labute approximate surface area is 215 Å². The van der Waals surface area contributed by atoms with Gasteiger partial charge in [-0.05, 0) is 36.4 Å². The van der Waals surface area contributed by atoms with Crippen molar-refractivity contribution in [1.82, 2.24) is 9.97 Å². The predicted octanol–water partition coefficient (Wildman–Crippen LogP) is 4.85. The van der Waals surface area contributed by atoms with Gasteiger partial charge in [0.05, 0.1) is 36.1 Å². The molecule has 0 atom stereocenters. The first kappa shape index (κ1) is 24.6. The molecule has 38 heavy (non-hydrogen) atoms. The molecule has 0 spiro atoms. The first-order chi connectivity index (χ1) is 18.3. The van der Waals surface area contributed by atoms with Crippen LogP contribution in [0.3, 0.4) is 0 Å². The second kappa shape index (κ2) is 9.40. The van der Waals surface area contributed by atoms with E-state index in [0.29, 0.717) is 28.0 Å². The van der Waals surface area contributed by atoms with Crippen LogP contribution in [-0.4, -0.2) is 47.3 Å².